The van der Waals surface area contributed by atoms with E-state index in [1.165, 1.54) is 28.8 Å². The maximum absolute atomic E-state index is 12.3. The molecule has 0 aliphatic rings. The van der Waals surface area contributed by atoms with Crippen molar-refractivity contribution in [1.29, 1.82) is 0 Å². The summed E-state index contributed by atoms with van der Waals surface area (Å²) in [6.45, 7) is 5.87. The Kier molecular flexibility index (Phi) is 5.04. The van der Waals surface area contributed by atoms with E-state index in [-0.39, 0.29) is 16.9 Å². The van der Waals surface area contributed by atoms with E-state index in [0.29, 0.717) is 0 Å². The Balaban J connectivity index is 2.95. The SMILES string of the molecule is CN(C[C@@H](N=C=O)C(C)(C)C)S(=O)(=O)c1ccsc1. The third-order valence-electron chi connectivity index (χ3n) is 2.84. The zero-order valence-electron chi connectivity index (χ0n) is 11.5. The van der Waals surface area contributed by atoms with Gasteiger partial charge >= 0.3 is 0 Å². The van der Waals surface area contributed by atoms with Gasteiger partial charge in [-0.3, -0.25) is 0 Å². The highest BCUT2D eigenvalue weighted by Gasteiger charge is 2.30. The molecule has 0 spiro atoms. The van der Waals surface area contributed by atoms with Crippen LogP contribution >= 0.6 is 11.3 Å². The summed E-state index contributed by atoms with van der Waals surface area (Å²) in [6, 6.07) is 1.13. The van der Waals surface area contributed by atoms with Gasteiger partial charge in [0.15, 0.2) is 0 Å². The van der Waals surface area contributed by atoms with E-state index in [1.807, 2.05) is 20.8 Å². The summed E-state index contributed by atoms with van der Waals surface area (Å²) in [5.74, 6) is 0. The Bertz CT molecular complexity index is 552. The molecule has 1 rings (SSSR count). The number of carbonyl (C=O) groups excluding carboxylic acids is 1. The van der Waals surface area contributed by atoms with E-state index >= 15 is 0 Å². The fourth-order valence-electron chi connectivity index (χ4n) is 1.49. The molecule has 5 nitrogen and oxygen atoms in total. The van der Waals surface area contributed by atoms with E-state index in [2.05, 4.69) is 4.99 Å². The van der Waals surface area contributed by atoms with Crippen LogP contribution in [0.25, 0.3) is 0 Å². The number of aliphatic imine (C=N–C) groups is 1. The average Bonchev–Trinajstić information content (AvgIpc) is 2.80. The molecular weight excluding hydrogens is 284 g/mol. The smallest absolute Gasteiger partial charge is 0.211 e. The molecule has 0 amide bonds. The minimum atomic E-state index is -3.52. The summed E-state index contributed by atoms with van der Waals surface area (Å²) in [7, 11) is -2.02. The van der Waals surface area contributed by atoms with E-state index in [4.69, 9.17) is 0 Å². The molecule has 19 heavy (non-hydrogen) atoms. The first-order valence-corrected chi connectivity index (χ1v) is 8.13. The molecule has 0 aliphatic carbocycles. The van der Waals surface area contributed by atoms with Crippen molar-refractivity contribution in [2.75, 3.05) is 13.6 Å². The van der Waals surface area contributed by atoms with Gasteiger partial charge in [-0.2, -0.15) is 15.6 Å². The molecule has 0 aromatic carbocycles. The van der Waals surface area contributed by atoms with E-state index < -0.39 is 16.1 Å². The number of nitrogens with zero attached hydrogens (tertiary/aromatic N) is 2. The summed E-state index contributed by atoms with van der Waals surface area (Å²) < 4.78 is 25.7. The Morgan fingerprint density at radius 3 is 2.53 bits per heavy atom. The molecule has 0 fully saturated rings. The zero-order chi connectivity index (χ0) is 14.7. The summed E-state index contributed by atoms with van der Waals surface area (Å²) in [5.41, 5.74) is -0.310. The molecule has 0 aliphatic heterocycles. The monoisotopic (exact) mass is 302 g/mol. The van der Waals surface area contributed by atoms with Crippen LogP contribution in [0.4, 0.5) is 0 Å². The van der Waals surface area contributed by atoms with Crippen LogP contribution in [0.15, 0.2) is 26.7 Å². The van der Waals surface area contributed by atoms with Crippen molar-refractivity contribution in [3.05, 3.63) is 16.8 Å². The fraction of sp³-hybridized carbons (Fsp3) is 0.583. The Morgan fingerprint density at radius 1 is 1.47 bits per heavy atom. The summed E-state index contributed by atoms with van der Waals surface area (Å²) >= 11 is 1.33. The maximum atomic E-state index is 12.3. The Hall–Kier alpha value is -1.01. The molecule has 0 saturated carbocycles. The van der Waals surface area contributed by atoms with Gasteiger partial charge in [-0.15, -0.1) is 0 Å². The standard InChI is InChI=1S/C12H18N2O3S2/c1-12(2,3)11(13-9-15)7-14(4)19(16,17)10-5-6-18-8-10/h5-6,8,11H,7H2,1-4H3/t11-/m1/s1. The van der Waals surface area contributed by atoms with Crippen LogP contribution in [0.1, 0.15) is 20.8 Å². The van der Waals surface area contributed by atoms with Crippen LogP contribution in [-0.4, -0.2) is 38.4 Å². The minimum absolute atomic E-state index is 0.150. The lowest BCUT2D eigenvalue weighted by molar-refractivity contribution is 0.280. The van der Waals surface area contributed by atoms with Crippen LogP contribution in [0.5, 0.6) is 0 Å². The van der Waals surface area contributed by atoms with Crippen molar-refractivity contribution < 1.29 is 13.2 Å². The quantitative estimate of drug-likeness (QED) is 0.618. The molecular formula is C12H18N2O3S2. The zero-order valence-corrected chi connectivity index (χ0v) is 13.1. The number of hydrogen-bond acceptors (Lipinski definition) is 5. The first-order chi connectivity index (χ1) is 8.69. The van der Waals surface area contributed by atoms with Gasteiger partial charge in [-0.05, 0) is 16.9 Å². The molecule has 1 aromatic rings. The second-order valence-corrected chi connectivity index (χ2v) is 8.17. The molecule has 1 heterocycles. The van der Waals surface area contributed by atoms with Gasteiger partial charge in [-0.1, -0.05) is 20.8 Å². The molecule has 106 valence electrons. The lowest BCUT2D eigenvalue weighted by atomic mass is 9.87. The Morgan fingerprint density at radius 2 is 2.11 bits per heavy atom. The van der Waals surface area contributed by atoms with Crippen LogP contribution in [-0.2, 0) is 14.8 Å². The molecule has 0 radical (unpaired) electrons. The first-order valence-electron chi connectivity index (χ1n) is 5.75. The number of rotatable bonds is 5. The molecule has 0 saturated heterocycles. The van der Waals surface area contributed by atoms with Crippen LogP contribution in [0, 0.1) is 5.41 Å². The molecule has 0 N–H and O–H groups in total. The third-order valence-corrected chi connectivity index (χ3v) is 5.49. The molecule has 7 heteroatoms. The highest BCUT2D eigenvalue weighted by molar-refractivity contribution is 7.89. The lowest BCUT2D eigenvalue weighted by Crippen LogP contribution is -2.39. The van der Waals surface area contributed by atoms with E-state index in [9.17, 15) is 13.2 Å². The fourth-order valence-corrected chi connectivity index (χ4v) is 3.69. The molecule has 1 aromatic heterocycles. The summed E-state index contributed by atoms with van der Waals surface area (Å²) in [4.78, 5) is 14.5. The normalized spacial score (nSPS) is 14.2. The lowest BCUT2D eigenvalue weighted by Gasteiger charge is -2.29. The number of sulfonamides is 1. The van der Waals surface area contributed by atoms with Crippen molar-refractivity contribution in [3.63, 3.8) is 0 Å². The highest BCUT2D eigenvalue weighted by atomic mass is 32.2. The topological polar surface area (TPSA) is 66.8 Å². The van der Waals surface area contributed by atoms with Gasteiger partial charge in [0.25, 0.3) is 0 Å². The van der Waals surface area contributed by atoms with E-state index in [1.54, 1.807) is 16.8 Å². The van der Waals surface area contributed by atoms with Crippen molar-refractivity contribution in [3.8, 4) is 0 Å². The second-order valence-electron chi connectivity index (χ2n) is 5.35. The predicted octanol–water partition coefficient (Wildman–Crippen LogP) is 2.12. The summed E-state index contributed by atoms with van der Waals surface area (Å²) in [5, 5.41) is 3.30. The van der Waals surface area contributed by atoms with Gasteiger partial charge in [0.2, 0.25) is 16.1 Å². The largest absolute Gasteiger partial charge is 0.243 e. The first kappa shape index (κ1) is 16.0. The van der Waals surface area contributed by atoms with Crippen LogP contribution in [0.3, 0.4) is 0 Å². The molecule has 0 bridgehead atoms. The van der Waals surface area contributed by atoms with Crippen molar-refractivity contribution in [2.24, 2.45) is 10.4 Å². The van der Waals surface area contributed by atoms with E-state index in [0.717, 1.165) is 0 Å². The maximum Gasteiger partial charge on any atom is 0.243 e. The number of thiophene rings is 1. The van der Waals surface area contributed by atoms with Gasteiger partial charge in [-0.25, -0.2) is 18.2 Å². The second kappa shape index (κ2) is 5.96. The number of isocyanates is 1. The summed E-state index contributed by atoms with van der Waals surface area (Å²) in [6.07, 6.45) is 1.52. The number of hydrogen-bond donors (Lipinski definition) is 0. The van der Waals surface area contributed by atoms with Crippen molar-refractivity contribution in [1.82, 2.24) is 4.31 Å². The van der Waals surface area contributed by atoms with Gasteiger partial charge in [0.05, 0.1) is 10.9 Å². The minimum Gasteiger partial charge on any atom is -0.211 e. The van der Waals surface area contributed by atoms with Crippen LogP contribution in [0.2, 0.25) is 0 Å². The molecule has 0 unspecified atom stereocenters. The molecule has 1 atom stereocenters. The Labute approximate surface area is 118 Å². The number of likely N-dealkylation sites (N-methyl/N-ethyl adjacent to an activating group) is 1. The van der Waals surface area contributed by atoms with Gasteiger partial charge in [0, 0.05) is 19.0 Å². The highest BCUT2D eigenvalue weighted by Crippen LogP contribution is 2.25. The van der Waals surface area contributed by atoms with Gasteiger partial charge in [0.1, 0.15) is 0 Å². The van der Waals surface area contributed by atoms with Crippen molar-refractivity contribution in [2.45, 2.75) is 31.7 Å². The average molecular weight is 302 g/mol. The van der Waals surface area contributed by atoms with Crippen LogP contribution < -0.4 is 0 Å². The van der Waals surface area contributed by atoms with Gasteiger partial charge < -0.3 is 0 Å². The predicted molar refractivity (Wildman–Crippen MR) is 75.5 cm³/mol. The third kappa shape index (κ3) is 3.98. The van der Waals surface area contributed by atoms with Crippen molar-refractivity contribution >= 4 is 27.4 Å².